The van der Waals surface area contributed by atoms with Crippen LogP contribution in [0.1, 0.15) is 19.3 Å². The second kappa shape index (κ2) is 5.89. The Morgan fingerprint density at radius 3 is 2.32 bits per heavy atom. The van der Waals surface area contributed by atoms with Gasteiger partial charge in [-0.25, -0.2) is 0 Å². The van der Waals surface area contributed by atoms with Crippen molar-refractivity contribution in [3.8, 4) is 5.75 Å². The van der Waals surface area contributed by atoms with E-state index in [0.29, 0.717) is 30.0 Å². The Hall–Kier alpha value is -1.81. The number of hydrogen-bond donors (Lipinski definition) is 1. The summed E-state index contributed by atoms with van der Waals surface area (Å²) in [4.78, 5) is 23.2. The van der Waals surface area contributed by atoms with E-state index in [0.717, 1.165) is 0 Å². The Balaban J connectivity index is 2.07. The van der Waals surface area contributed by atoms with E-state index in [1.165, 1.54) is 0 Å². The minimum absolute atomic E-state index is 0.111. The molecule has 1 aliphatic carbocycles. The van der Waals surface area contributed by atoms with Gasteiger partial charge in [0.1, 0.15) is 23.7 Å². The zero-order valence-corrected chi connectivity index (χ0v) is 10.9. The lowest BCUT2D eigenvalue weighted by Crippen LogP contribution is -2.22. The molecule has 0 aromatic heterocycles. The summed E-state index contributed by atoms with van der Waals surface area (Å²) in [6.45, 7) is -0.200. The molecule has 0 radical (unpaired) electrons. The van der Waals surface area contributed by atoms with Crippen molar-refractivity contribution in [2.75, 3.05) is 6.61 Å². The Morgan fingerprint density at radius 1 is 1.16 bits per heavy atom. The lowest BCUT2D eigenvalue weighted by atomic mass is 9.91. The van der Waals surface area contributed by atoms with Gasteiger partial charge in [0, 0.05) is 17.9 Å². The van der Waals surface area contributed by atoms with Crippen molar-refractivity contribution < 1.29 is 19.4 Å². The van der Waals surface area contributed by atoms with Gasteiger partial charge < -0.3 is 9.84 Å². The second-order valence-electron chi connectivity index (χ2n) is 4.26. The quantitative estimate of drug-likeness (QED) is 0.525. The molecule has 0 unspecified atom stereocenters. The number of ether oxygens (including phenoxy) is 1. The van der Waals surface area contributed by atoms with Gasteiger partial charge >= 0.3 is 0 Å². The molecule has 5 heteroatoms. The van der Waals surface area contributed by atoms with Crippen LogP contribution in [0.2, 0.25) is 5.02 Å². The second-order valence-corrected chi connectivity index (χ2v) is 4.70. The highest BCUT2D eigenvalue weighted by Crippen LogP contribution is 2.20. The van der Waals surface area contributed by atoms with Gasteiger partial charge in [-0.1, -0.05) is 11.6 Å². The highest BCUT2D eigenvalue weighted by atomic mass is 35.5. The van der Waals surface area contributed by atoms with E-state index in [9.17, 15) is 14.7 Å². The van der Waals surface area contributed by atoms with Crippen LogP contribution in [-0.4, -0.2) is 23.3 Å². The number of hydrogen-bond acceptors (Lipinski definition) is 4. The van der Waals surface area contributed by atoms with E-state index >= 15 is 0 Å². The summed E-state index contributed by atoms with van der Waals surface area (Å²) in [6, 6.07) is 6.59. The molecule has 100 valence electrons. The third kappa shape index (κ3) is 3.35. The number of rotatable bonds is 3. The fraction of sp³-hybridized carbons (Fsp3) is 0.286. The van der Waals surface area contributed by atoms with Crippen molar-refractivity contribution in [3.05, 3.63) is 40.6 Å². The molecule has 1 aromatic carbocycles. The summed E-state index contributed by atoms with van der Waals surface area (Å²) in [7, 11) is 0. The number of halogens is 1. The number of Topliss-reactive ketones (excluding diaryl/α,β-unsaturated/α-hetero) is 2. The number of aliphatic hydroxyl groups excluding tert-OH is 1. The van der Waals surface area contributed by atoms with Crippen molar-refractivity contribution in [3.63, 3.8) is 0 Å². The van der Waals surface area contributed by atoms with Gasteiger partial charge in [-0.3, -0.25) is 9.59 Å². The average Bonchev–Trinajstić information content (AvgIpc) is 2.38. The third-order valence-electron chi connectivity index (χ3n) is 2.84. The molecule has 0 amide bonds. The first-order valence-corrected chi connectivity index (χ1v) is 6.32. The molecule has 0 atom stereocenters. The van der Waals surface area contributed by atoms with Crippen LogP contribution in [-0.2, 0) is 9.59 Å². The molecule has 0 heterocycles. The first-order chi connectivity index (χ1) is 9.08. The predicted octanol–water partition coefficient (Wildman–Crippen LogP) is 2.85. The highest BCUT2D eigenvalue weighted by molar-refractivity contribution is 6.30. The van der Waals surface area contributed by atoms with Crippen LogP contribution in [0.25, 0.3) is 0 Å². The molecule has 0 bridgehead atoms. The topological polar surface area (TPSA) is 63.6 Å². The van der Waals surface area contributed by atoms with Crippen molar-refractivity contribution in [1.82, 2.24) is 0 Å². The van der Waals surface area contributed by atoms with Crippen LogP contribution >= 0.6 is 11.6 Å². The molecule has 1 fully saturated rings. The molecule has 0 saturated heterocycles. The molecule has 1 aliphatic rings. The van der Waals surface area contributed by atoms with Gasteiger partial charge in [-0.15, -0.1) is 0 Å². The van der Waals surface area contributed by atoms with Gasteiger partial charge in [0.2, 0.25) is 0 Å². The van der Waals surface area contributed by atoms with Crippen molar-refractivity contribution in [2.45, 2.75) is 19.3 Å². The number of aliphatic hydroxyl groups is 1. The minimum atomic E-state index is -0.312. The lowest BCUT2D eigenvalue weighted by Gasteiger charge is -2.14. The summed E-state index contributed by atoms with van der Waals surface area (Å²) in [5.74, 6) is -0.418. The van der Waals surface area contributed by atoms with Crippen LogP contribution in [0.4, 0.5) is 0 Å². The van der Waals surface area contributed by atoms with E-state index in [1.54, 1.807) is 24.3 Å². The van der Waals surface area contributed by atoms with Crippen LogP contribution in [0.3, 0.4) is 0 Å². The highest BCUT2D eigenvalue weighted by Gasteiger charge is 2.27. The molecule has 1 saturated carbocycles. The summed E-state index contributed by atoms with van der Waals surface area (Å²) in [5.41, 5.74) is -0.111. The molecular formula is C14H13ClO4. The maximum Gasteiger partial charge on any atom is 0.169 e. The Labute approximate surface area is 115 Å². The third-order valence-corrected chi connectivity index (χ3v) is 3.10. The van der Waals surface area contributed by atoms with E-state index in [-0.39, 0.29) is 29.5 Å². The van der Waals surface area contributed by atoms with Crippen LogP contribution in [0.5, 0.6) is 5.75 Å². The van der Waals surface area contributed by atoms with Gasteiger partial charge in [0.15, 0.2) is 11.6 Å². The number of ketones is 2. The number of allylic oxidation sites excluding steroid dienone is 1. The maximum atomic E-state index is 11.6. The molecule has 2 rings (SSSR count). The normalized spacial score (nSPS) is 15.5. The zero-order valence-electron chi connectivity index (χ0n) is 10.2. The summed E-state index contributed by atoms with van der Waals surface area (Å²) < 4.78 is 5.30. The van der Waals surface area contributed by atoms with Crippen LogP contribution in [0.15, 0.2) is 35.6 Å². The lowest BCUT2D eigenvalue weighted by molar-refractivity contribution is -0.124. The monoisotopic (exact) mass is 280 g/mol. The Kier molecular flexibility index (Phi) is 4.22. The molecule has 1 aromatic rings. The number of carbonyl (C=O) groups is 2. The fourth-order valence-electron chi connectivity index (χ4n) is 1.89. The van der Waals surface area contributed by atoms with Crippen molar-refractivity contribution >= 4 is 23.2 Å². The molecule has 0 spiro atoms. The first-order valence-electron chi connectivity index (χ1n) is 5.95. The average molecular weight is 281 g/mol. The molecular weight excluding hydrogens is 268 g/mol. The maximum absolute atomic E-state index is 11.6. The summed E-state index contributed by atoms with van der Waals surface area (Å²) >= 11 is 5.73. The van der Waals surface area contributed by atoms with Crippen LogP contribution < -0.4 is 4.74 Å². The molecule has 4 nitrogen and oxygen atoms in total. The van der Waals surface area contributed by atoms with Gasteiger partial charge in [-0.05, 0) is 30.7 Å². The smallest absolute Gasteiger partial charge is 0.169 e. The van der Waals surface area contributed by atoms with E-state index in [4.69, 9.17) is 16.3 Å². The SMILES string of the molecule is O=C1CCCC(=O)C1=C(O)COc1ccc(Cl)cc1. The predicted molar refractivity (Wildman–Crippen MR) is 70.5 cm³/mol. The molecule has 0 aliphatic heterocycles. The van der Waals surface area contributed by atoms with Gasteiger partial charge in [0.05, 0.1) is 0 Å². The Bertz CT molecular complexity index is 513. The van der Waals surface area contributed by atoms with Gasteiger partial charge in [0.25, 0.3) is 0 Å². The zero-order chi connectivity index (χ0) is 13.8. The number of benzene rings is 1. The van der Waals surface area contributed by atoms with Crippen LogP contribution in [0, 0.1) is 0 Å². The number of carbonyl (C=O) groups excluding carboxylic acids is 2. The van der Waals surface area contributed by atoms with Crippen molar-refractivity contribution in [1.29, 1.82) is 0 Å². The van der Waals surface area contributed by atoms with E-state index in [2.05, 4.69) is 0 Å². The first kappa shape index (κ1) is 13.6. The van der Waals surface area contributed by atoms with E-state index in [1.807, 2.05) is 0 Å². The standard InChI is InChI=1S/C14H13ClO4/c15-9-4-6-10(7-5-9)19-8-13(18)14-11(16)2-1-3-12(14)17/h4-7,18H,1-3,8H2. The largest absolute Gasteiger partial charge is 0.508 e. The summed E-state index contributed by atoms with van der Waals surface area (Å²) in [6.07, 6.45) is 1.14. The molecule has 19 heavy (non-hydrogen) atoms. The minimum Gasteiger partial charge on any atom is -0.508 e. The van der Waals surface area contributed by atoms with Crippen molar-refractivity contribution in [2.24, 2.45) is 0 Å². The molecule has 1 N–H and O–H groups in total. The summed E-state index contributed by atoms with van der Waals surface area (Å²) in [5, 5.41) is 10.4. The Morgan fingerprint density at radius 2 is 1.74 bits per heavy atom. The van der Waals surface area contributed by atoms with Gasteiger partial charge in [-0.2, -0.15) is 0 Å². The van der Waals surface area contributed by atoms with E-state index < -0.39 is 0 Å². The fourth-order valence-corrected chi connectivity index (χ4v) is 2.02.